The van der Waals surface area contributed by atoms with Crippen molar-refractivity contribution < 1.29 is 24.3 Å². The third kappa shape index (κ3) is 12.1. The standard InChI is InChI=1S/C19H37N5O5/c1-12(2)10-15(17(20)27)23-18(28)14(8-6-7-9-24(4)5)22-19(29)16(11-25)21-13(3)26/h12,14-16,25H,6-11H2,1-5H3,(H2,20,27)(H,21,26)(H,22,29)(H,23,28)/t14-,15-,16-/m0/s1. The van der Waals surface area contributed by atoms with E-state index in [4.69, 9.17) is 5.73 Å². The van der Waals surface area contributed by atoms with Gasteiger partial charge in [-0.3, -0.25) is 19.2 Å². The molecule has 0 aliphatic heterocycles. The molecule has 29 heavy (non-hydrogen) atoms. The molecular weight excluding hydrogens is 378 g/mol. The Bertz CT molecular complexity index is 553. The van der Waals surface area contributed by atoms with Crippen molar-refractivity contribution >= 4 is 23.6 Å². The van der Waals surface area contributed by atoms with Crippen LogP contribution in [0, 0.1) is 5.92 Å². The van der Waals surface area contributed by atoms with Crippen LogP contribution in [0.4, 0.5) is 0 Å². The van der Waals surface area contributed by atoms with Crippen molar-refractivity contribution in [1.29, 1.82) is 0 Å². The van der Waals surface area contributed by atoms with Gasteiger partial charge in [-0.05, 0) is 52.2 Å². The predicted molar refractivity (Wildman–Crippen MR) is 110 cm³/mol. The van der Waals surface area contributed by atoms with Gasteiger partial charge in [-0.25, -0.2) is 0 Å². The lowest BCUT2D eigenvalue weighted by Crippen LogP contribution is -2.57. The van der Waals surface area contributed by atoms with E-state index >= 15 is 0 Å². The number of carbonyl (C=O) groups excluding carboxylic acids is 4. The van der Waals surface area contributed by atoms with E-state index in [0.29, 0.717) is 19.3 Å². The van der Waals surface area contributed by atoms with Gasteiger partial charge < -0.3 is 31.7 Å². The molecule has 0 rings (SSSR count). The van der Waals surface area contributed by atoms with Gasteiger partial charge in [0, 0.05) is 6.92 Å². The van der Waals surface area contributed by atoms with Crippen LogP contribution in [-0.2, 0) is 19.2 Å². The van der Waals surface area contributed by atoms with Crippen molar-refractivity contribution in [3.63, 3.8) is 0 Å². The molecule has 0 unspecified atom stereocenters. The number of aliphatic hydroxyl groups is 1. The van der Waals surface area contributed by atoms with Gasteiger partial charge in [0.25, 0.3) is 0 Å². The largest absolute Gasteiger partial charge is 0.394 e. The zero-order valence-corrected chi connectivity index (χ0v) is 18.2. The Morgan fingerprint density at radius 1 is 0.931 bits per heavy atom. The summed E-state index contributed by atoms with van der Waals surface area (Å²) in [5.41, 5.74) is 5.39. The van der Waals surface area contributed by atoms with Crippen LogP contribution in [0.3, 0.4) is 0 Å². The van der Waals surface area contributed by atoms with Crippen molar-refractivity contribution in [2.75, 3.05) is 27.2 Å². The number of carbonyl (C=O) groups is 4. The van der Waals surface area contributed by atoms with Crippen molar-refractivity contribution in [3.8, 4) is 0 Å². The van der Waals surface area contributed by atoms with Gasteiger partial charge in [0.15, 0.2) is 0 Å². The number of aliphatic hydroxyl groups excluding tert-OH is 1. The number of hydrogen-bond acceptors (Lipinski definition) is 6. The van der Waals surface area contributed by atoms with Crippen molar-refractivity contribution in [3.05, 3.63) is 0 Å². The molecule has 0 heterocycles. The Kier molecular flexibility index (Phi) is 12.8. The number of nitrogens with two attached hydrogens (primary N) is 1. The summed E-state index contributed by atoms with van der Waals surface area (Å²) in [5, 5.41) is 16.9. The first-order valence-corrected chi connectivity index (χ1v) is 9.90. The molecule has 0 radical (unpaired) electrons. The lowest BCUT2D eigenvalue weighted by Gasteiger charge is -2.24. The molecule has 6 N–H and O–H groups in total. The average molecular weight is 416 g/mol. The number of rotatable bonds is 14. The van der Waals surface area contributed by atoms with Crippen LogP contribution in [0.25, 0.3) is 0 Å². The van der Waals surface area contributed by atoms with Crippen molar-refractivity contribution in [2.24, 2.45) is 11.7 Å². The first-order valence-electron chi connectivity index (χ1n) is 9.90. The highest BCUT2D eigenvalue weighted by atomic mass is 16.3. The Hall–Kier alpha value is -2.20. The molecule has 4 amide bonds. The van der Waals surface area contributed by atoms with Crippen molar-refractivity contribution in [1.82, 2.24) is 20.9 Å². The van der Waals surface area contributed by atoms with Gasteiger partial charge in [0.2, 0.25) is 23.6 Å². The van der Waals surface area contributed by atoms with Crippen LogP contribution < -0.4 is 21.7 Å². The maximum absolute atomic E-state index is 12.7. The summed E-state index contributed by atoms with van der Waals surface area (Å²) in [6.45, 7) is 5.26. The fourth-order valence-electron chi connectivity index (χ4n) is 2.75. The Labute approximate surface area is 172 Å². The van der Waals surface area contributed by atoms with Crippen LogP contribution in [0.5, 0.6) is 0 Å². The quantitative estimate of drug-likeness (QED) is 0.223. The molecule has 0 aromatic heterocycles. The number of amides is 4. The minimum Gasteiger partial charge on any atom is -0.394 e. The maximum atomic E-state index is 12.7. The highest BCUT2D eigenvalue weighted by molar-refractivity contribution is 5.93. The molecule has 0 aliphatic carbocycles. The topological polar surface area (TPSA) is 154 Å². The Balaban J connectivity index is 5.18. The monoisotopic (exact) mass is 415 g/mol. The lowest BCUT2D eigenvalue weighted by molar-refractivity contribution is -0.133. The third-order valence-corrected chi connectivity index (χ3v) is 4.22. The molecule has 0 spiro atoms. The van der Waals surface area contributed by atoms with Crippen LogP contribution >= 0.6 is 0 Å². The molecule has 0 fully saturated rings. The first-order chi connectivity index (χ1) is 13.5. The number of primary amides is 1. The van der Waals surface area contributed by atoms with E-state index in [1.807, 2.05) is 32.8 Å². The molecular formula is C19H37N5O5. The molecule has 0 aromatic rings. The molecule has 168 valence electrons. The fraction of sp³-hybridized carbons (Fsp3) is 0.789. The number of nitrogens with zero attached hydrogens (tertiary/aromatic N) is 1. The normalized spacial score (nSPS) is 14.2. The summed E-state index contributed by atoms with van der Waals surface area (Å²) in [5.74, 6) is -2.17. The van der Waals surface area contributed by atoms with Gasteiger partial charge in [-0.15, -0.1) is 0 Å². The van der Waals surface area contributed by atoms with Crippen LogP contribution in [0.1, 0.15) is 46.5 Å². The second kappa shape index (κ2) is 13.9. The zero-order valence-electron chi connectivity index (χ0n) is 18.2. The second-order valence-electron chi connectivity index (χ2n) is 7.89. The van der Waals surface area contributed by atoms with Crippen molar-refractivity contribution in [2.45, 2.75) is 64.6 Å². The minimum absolute atomic E-state index is 0.138. The van der Waals surface area contributed by atoms with E-state index in [2.05, 4.69) is 16.0 Å². The van der Waals surface area contributed by atoms with Crippen LogP contribution in [-0.4, -0.2) is 79.0 Å². The molecule has 0 saturated heterocycles. The lowest BCUT2D eigenvalue weighted by atomic mass is 10.0. The zero-order chi connectivity index (χ0) is 22.6. The molecule has 10 nitrogen and oxygen atoms in total. The Morgan fingerprint density at radius 3 is 1.93 bits per heavy atom. The smallest absolute Gasteiger partial charge is 0.245 e. The Morgan fingerprint density at radius 2 is 1.48 bits per heavy atom. The molecule has 0 aromatic carbocycles. The molecule has 3 atom stereocenters. The highest BCUT2D eigenvalue weighted by Gasteiger charge is 2.28. The van der Waals surface area contributed by atoms with Gasteiger partial charge in [-0.1, -0.05) is 13.8 Å². The van der Waals surface area contributed by atoms with Crippen LogP contribution in [0.2, 0.25) is 0 Å². The van der Waals surface area contributed by atoms with E-state index < -0.39 is 48.4 Å². The summed E-state index contributed by atoms with van der Waals surface area (Å²) < 4.78 is 0. The summed E-state index contributed by atoms with van der Waals surface area (Å²) in [7, 11) is 3.88. The van der Waals surface area contributed by atoms with Gasteiger partial charge in [0.05, 0.1) is 6.61 Å². The predicted octanol–water partition coefficient (Wildman–Crippen LogP) is -1.28. The first kappa shape index (κ1) is 26.8. The SMILES string of the molecule is CC(=O)N[C@@H](CO)C(=O)N[C@@H](CCCCN(C)C)C(=O)N[C@@H](CC(C)C)C(N)=O. The summed E-state index contributed by atoms with van der Waals surface area (Å²) >= 11 is 0. The van der Waals surface area contributed by atoms with E-state index in [-0.39, 0.29) is 5.92 Å². The van der Waals surface area contributed by atoms with E-state index in [9.17, 15) is 24.3 Å². The summed E-state index contributed by atoms with van der Waals surface area (Å²) in [6.07, 6.45) is 2.20. The van der Waals surface area contributed by atoms with E-state index in [1.165, 1.54) is 6.92 Å². The highest BCUT2D eigenvalue weighted by Crippen LogP contribution is 2.07. The summed E-state index contributed by atoms with van der Waals surface area (Å²) in [6, 6.07) is -2.92. The third-order valence-electron chi connectivity index (χ3n) is 4.22. The molecule has 0 aliphatic rings. The molecule has 0 saturated carbocycles. The minimum atomic E-state index is -1.16. The fourth-order valence-corrected chi connectivity index (χ4v) is 2.75. The average Bonchev–Trinajstić information content (AvgIpc) is 2.60. The maximum Gasteiger partial charge on any atom is 0.245 e. The van der Waals surface area contributed by atoms with Crippen LogP contribution in [0.15, 0.2) is 0 Å². The molecule has 0 bridgehead atoms. The number of unbranched alkanes of at least 4 members (excludes halogenated alkanes) is 1. The van der Waals surface area contributed by atoms with Gasteiger partial charge >= 0.3 is 0 Å². The van der Waals surface area contributed by atoms with E-state index in [1.54, 1.807) is 0 Å². The molecule has 10 heteroatoms. The number of nitrogens with one attached hydrogen (secondary N) is 3. The second-order valence-corrected chi connectivity index (χ2v) is 7.89. The van der Waals surface area contributed by atoms with E-state index in [0.717, 1.165) is 13.0 Å². The number of hydrogen-bond donors (Lipinski definition) is 5. The van der Waals surface area contributed by atoms with Gasteiger partial charge in [0.1, 0.15) is 18.1 Å². The van der Waals surface area contributed by atoms with Gasteiger partial charge in [-0.2, -0.15) is 0 Å². The summed E-state index contributed by atoms with van der Waals surface area (Å²) in [4.78, 5) is 50.0.